The number of hydrogen-bond donors (Lipinski definition) is 1. The zero-order valence-corrected chi connectivity index (χ0v) is 16.4. The van der Waals surface area contributed by atoms with Crippen LogP contribution in [0.15, 0.2) is 35.2 Å². The third kappa shape index (κ3) is 4.32. The fourth-order valence-corrected chi connectivity index (χ4v) is 4.26. The van der Waals surface area contributed by atoms with E-state index in [4.69, 9.17) is 9.47 Å². The molecule has 0 saturated heterocycles. The summed E-state index contributed by atoms with van der Waals surface area (Å²) in [4.78, 5) is 13.2. The molecule has 1 heterocycles. The molecular weight excluding hydrogens is 362 g/mol. The van der Waals surface area contributed by atoms with Crippen molar-refractivity contribution >= 4 is 33.0 Å². The summed E-state index contributed by atoms with van der Waals surface area (Å²) in [6.45, 7) is 5.96. The Hall–Kier alpha value is -2.06. The number of rotatable bonds is 5. The summed E-state index contributed by atoms with van der Waals surface area (Å²) in [5, 5.41) is 0. The fourth-order valence-electron chi connectivity index (χ4n) is 2.04. The third-order valence-electron chi connectivity index (χ3n) is 3.46. The van der Waals surface area contributed by atoms with Crippen LogP contribution in [0.4, 0.5) is 5.69 Å². The number of benzene rings is 1. The predicted molar refractivity (Wildman–Crippen MR) is 98.2 cm³/mol. The Bertz CT molecular complexity index is 861. The van der Waals surface area contributed by atoms with Crippen molar-refractivity contribution < 1.29 is 22.7 Å². The van der Waals surface area contributed by atoms with Crippen molar-refractivity contribution in [2.45, 2.75) is 31.1 Å². The maximum absolute atomic E-state index is 12.6. The predicted octanol–water partition coefficient (Wildman–Crippen LogP) is 3.64. The molecule has 0 amide bonds. The van der Waals surface area contributed by atoms with E-state index >= 15 is 0 Å². The van der Waals surface area contributed by atoms with Crippen LogP contribution < -0.4 is 9.46 Å². The number of hydrogen-bond acceptors (Lipinski definition) is 6. The number of thiophene rings is 1. The van der Waals surface area contributed by atoms with Gasteiger partial charge in [-0.15, -0.1) is 11.3 Å². The van der Waals surface area contributed by atoms with Crippen molar-refractivity contribution in [3.8, 4) is 5.75 Å². The summed E-state index contributed by atoms with van der Waals surface area (Å²) in [5.74, 6) is -0.0207. The lowest BCUT2D eigenvalue weighted by molar-refractivity contribution is 0.0607. The highest BCUT2D eigenvalue weighted by molar-refractivity contribution is 7.92. The first kappa shape index (κ1) is 19.3. The van der Waals surface area contributed by atoms with Crippen LogP contribution in [-0.2, 0) is 20.2 Å². The normalized spacial score (nSPS) is 11.9. The Labute approximate surface area is 151 Å². The third-order valence-corrected chi connectivity index (χ3v) is 6.38. The molecule has 1 N–H and O–H groups in total. The molecule has 0 aliphatic heterocycles. The molecule has 25 heavy (non-hydrogen) atoms. The Morgan fingerprint density at radius 2 is 1.72 bits per heavy atom. The van der Waals surface area contributed by atoms with Crippen LogP contribution in [0.5, 0.6) is 5.75 Å². The average molecular weight is 383 g/mol. The largest absolute Gasteiger partial charge is 0.497 e. The first-order chi connectivity index (χ1) is 11.6. The minimum atomic E-state index is -3.84. The second-order valence-corrected chi connectivity index (χ2v) is 9.11. The zero-order valence-electron chi connectivity index (χ0n) is 14.7. The standard InChI is InChI=1S/C17H21NO5S2/c1-17(2,3)14-10-13(15(24-14)16(19)23-5)18-25(20,21)12-8-6-11(22-4)7-9-12/h6-10,18H,1-5H3. The van der Waals surface area contributed by atoms with E-state index in [1.54, 1.807) is 18.2 Å². The van der Waals surface area contributed by atoms with Gasteiger partial charge in [-0.3, -0.25) is 4.72 Å². The van der Waals surface area contributed by atoms with Crippen LogP contribution in [0.25, 0.3) is 0 Å². The minimum absolute atomic E-state index is 0.0765. The number of sulfonamides is 1. The van der Waals surface area contributed by atoms with E-state index in [9.17, 15) is 13.2 Å². The highest BCUT2D eigenvalue weighted by Gasteiger charge is 2.26. The van der Waals surface area contributed by atoms with Crippen molar-refractivity contribution in [1.29, 1.82) is 0 Å². The number of carbonyl (C=O) groups excluding carboxylic acids is 1. The zero-order chi connectivity index (χ0) is 18.8. The average Bonchev–Trinajstić information content (AvgIpc) is 2.97. The monoisotopic (exact) mass is 383 g/mol. The van der Waals surface area contributed by atoms with Crippen LogP contribution in [0, 0.1) is 0 Å². The number of ether oxygens (including phenoxy) is 2. The van der Waals surface area contributed by atoms with Gasteiger partial charge in [0.15, 0.2) is 0 Å². The van der Waals surface area contributed by atoms with Gasteiger partial charge in [0.05, 0.1) is 24.8 Å². The molecule has 0 spiro atoms. The lowest BCUT2D eigenvalue weighted by Gasteiger charge is -2.15. The molecule has 0 atom stereocenters. The summed E-state index contributed by atoms with van der Waals surface area (Å²) in [7, 11) is -1.07. The lowest BCUT2D eigenvalue weighted by atomic mass is 9.95. The molecule has 1 aromatic carbocycles. The van der Waals surface area contributed by atoms with E-state index in [1.807, 2.05) is 20.8 Å². The summed E-state index contributed by atoms with van der Waals surface area (Å²) >= 11 is 1.22. The molecule has 0 radical (unpaired) electrons. The SMILES string of the molecule is COC(=O)c1sc(C(C)(C)C)cc1NS(=O)(=O)c1ccc(OC)cc1. The molecular formula is C17H21NO5S2. The summed E-state index contributed by atoms with van der Waals surface area (Å²) in [6, 6.07) is 7.68. The maximum Gasteiger partial charge on any atom is 0.350 e. The van der Waals surface area contributed by atoms with Gasteiger partial charge in [0, 0.05) is 4.88 Å². The highest BCUT2D eigenvalue weighted by Crippen LogP contribution is 2.36. The molecule has 0 fully saturated rings. The van der Waals surface area contributed by atoms with Crippen molar-refractivity contribution in [2.24, 2.45) is 0 Å². The number of anilines is 1. The number of esters is 1. The van der Waals surface area contributed by atoms with E-state index in [1.165, 1.54) is 37.7 Å². The van der Waals surface area contributed by atoms with Crippen LogP contribution in [0.2, 0.25) is 0 Å². The van der Waals surface area contributed by atoms with Gasteiger partial charge in [0.25, 0.3) is 10.0 Å². The molecule has 2 aromatic rings. The van der Waals surface area contributed by atoms with Crippen LogP contribution >= 0.6 is 11.3 Å². The summed E-state index contributed by atoms with van der Waals surface area (Å²) < 4.78 is 37.5. The second kappa shape index (κ2) is 7.05. The Balaban J connectivity index is 2.43. The Morgan fingerprint density at radius 3 is 2.20 bits per heavy atom. The van der Waals surface area contributed by atoms with E-state index in [0.717, 1.165) is 4.88 Å². The van der Waals surface area contributed by atoms with E-state index in [2.05, 4.69) is 4.72 Å². The highest BCUT2D eigenvalue weighted by atomic mass is 32.2. The van der Waals surface area contributed by atoms with Gasteiger partial charge in [0.2, 0.25) is 0 Å². The summed E-state index contributed by atoms with van der Waals surface area (Å²) in [5.41, 5.74) is -0.00496. The van der Waals surface area contributed by atoms with E-state index in [0.29, 0.717) is 5.75 Å². The molecule has 2 rings (SSSR count). The van der Waals surface area contributed by atoms with Crippen LogP contribution in [-0.4, -0.2) is 28.6 Å². The quantitative estimate of drug-likeness (QED) is 0.797. The summed E-state index contributed by atoms with van der Waals surface area (Å²) in [6.07, 6.45) is 0. The molecule has 1 aromatic heterocycles. The molecule has 0 aliphatic carbocycles. The minimum Gasteiger partial charge on any atom is -0.497 e. The number of nitrogens with one attached hydrogen (secondary N) is 1. The molecule has 0 saturated carbocycles. The molecule has 6 nitrogen and oxygen atoms in total. The maximum atomic E-state index is 12.6. The van der Waals surface area contributed by atoms with Crippen molar-refractivity contribution in [3.63, 3.8) is 0 Å². The second-order valence-electron chi connectivity index (χ2n) is 6.38. The molecule has 0 bridgehead atoms. The van der Waals surface area contributed by atoms with Crippen molar-refractivity contribution in [3.05, 3.63) is 40.1 Å². The van der Waals surface area contributed by atoms with Crippen LogP contribution in [0.3, 0.4) is 0 Å². The van der Waals surface area contributed by atoms with Gasteiger partial charge in [-0.05, 0) is 35.7 Å². The molecule has 136 valence electrons. The van der Waals surface area contributed by atoms with Crippen LogP contribution in [0.1, 0.15) is 35.3 Å². The Morgan fingerprint density at radius 1 is 1.12 bits per heavy atom. The van der Waals surface area contributed by atoms with Gasteiger partial charge >= 0.3 is 5.97 Å². The van der Waals surface area contributed by atoms with E-state index in [-0.39, 0.29) is 20.9 Å². The van der Waals surface area contributed by atoms with Crippen molar-refractivity contribution in [2.75, 3.05) is 18.9 Å². The first-order valence-corrected chi connectivity index (χ1v) is 9.78. The lowest BCUT2D eigenvalue weighted by Crippen LogP contribution is -2.14. The van der Waals surface area contributed by atoms with Gasteiger partial charge in [-0.2, -0.15) is 0 Å². The van der Waals surface area contributed by atoms with Gasteiger partial charge in [-0.25, -0.2) is 13.2 Å². The first-order valence-electron chi connectivity index (χ1n) is 7.48. The van der Waals surface area contributed by atoms with Gasteiger partial charge in [0.1, 0.15) is 10.6 Å². The molecule has 0 unspecified atom stereocenters. The molecule has 8 heteroatoms. The fraction of sp³-hybridized carbons (Fsp3) is 0.353. The van der Waals surface area contributed by atoms with Gasteiger partial charge in [-0.1, -0.05) is 20.8 Å². The topological polar surface area (TPSA) is 81.7 Å². The van der Waals surface area contributed by atoms with Gasteiger partial charge < -0.3 is 9.47 Å². The number of methoxy groups -OCH3 is 2. The smallest absolute Gasteiger partial charge is 0.350 e. The van der Waals surface area contributed by atoms with Crippen molar-refractivity contribution in [1.82, 2.24) is 0 Å². The Kier molecular flexibility index (Phi) is 5.43. The molecule has 0 aliphatic rings. The number of carbonyl (C=O) groups is 1. The van der Waals surface area contributed by atoms with E-state index < -0.39 is 16.0 Å².